The lowest BCUT2D eigenvalue weighted by atomic mass is 9.80. The summed E-state index contributed by atoms with van der Waals surface area (Å²) in [6, 6.07) is 0. The third kappa shape index (κ3) is 5.72. The summed E-state index contributed by atoms with van der Waals surface area (Å²) < 4.78 is 0. The van der Waals surface area contributed by atoms with E-state index in [9.17, 15) is 0 Å². The number of aromatic amines is 2. The lowest BCUT2D eigenvalue weighted by Crippen LogP contribution is -2.20. The van der Waals surface area contributed by atoms with Gasteiger partial charge in [0, 0.05) is 22.2 Å². The molecule has 0 radical (unpaired) electrons. The number of nitrogens with zero attached hydrogens (tertiary/aromatic N) is 2. The maximum absolute atomic E-state index is 4.13. The van der Waals surface area contributed by atoms with Gasteiger partial charge < -0.3 is 0 Å². The van der Waals surface area contributed by atoms with Crippen molar-refractivity contribution in [2.45, 2.75) is 105 Å². The fourth-order valence-corrected chi connectivity index (χ4v) is 2.85. The first-order chi connectivity index (χ1) is 11.5. The Balaban J connectivity index is 0.000000260. The number of aromatic nitrogens is 4. The van der Waals surface area contributed by atoms with Crippen LogP contribution in [0, 0.1) is 0 Å². The molecule has 2 aromatic rings. The molecule has 0 amide bonds. The minimum atomic E-state index is 0.152. The van der Waals surface area contributed by atoms with Gasteiger partial charge in [-0.15, -0.1) is 0 Å². The molecule has 26 heavy (non-hydrogen) atoms. The van der Waals surface area contributed by atoms with E-state index in [2.05, 4.69) is 103 Å². The third-order valence-electron chi connectivity index (χ3n) is 4.39. The molecule has 0 aliphatic rings. The molecule has 2 N–H and O–H groups in total. The van der Waals surface area contributed by atoms with Crippen molar-refractivity contribution in [3.63, 3.8) is 0 Å². The van der Waals surface area contributed by atoms with Crippen LogP contribution in [0.15, 0.2) is 12.4 Å². The number of rotatable bonds is 0. The Morgan fingerprint density at radius 3 is 0.923 bits per heavy atom. The molecule has 4 heteroatoms. The van der Waals surface area contributed by atoms with Crippen molar-refractivity contribution in [2.24, 2.45) is 0 Å². The zero-order valence-electron chi connectivity index (χ0n) is 19.0. The van der Waals surface area contributed by atoms with Gasteiger partial charge >= 0.3 is 0 Å². The van der Waals surface area contributed by atoms with Crippen molar-refractivity contribution < 1.29 is 0 Å². The Morgan fingerprint density at radius 1 is 0.500 bits per heavy atom. The molecular formula is C22H40N4. The van der Waals surface area contributed by atoms with E-state index in [0.29, 0.717) is 0 Å². The smallest absolute Gasteiger partial charge is 0.0527 e. The van der Waals surface area contributed by atoms with Crippen molar-refractivity contribution in [3.8, 4) is 0 Å². The highest BCUT2D eigenvalue weighted by Crippen LogP contribution is 2.32. The molecule has 0 aliphatic carbocycles. The fraction of sp³-hybridized carbons (Fsp3) is 0.727. The van der Waals surface area contributed by atoms with E-state index in [-0.39, 0.29) is 21.7 Å². The van der Waals surface area contributed by atoms with Gasteiger partial charge in [0.15, 0.2) is 0 Å². The summed E-state index contributed by atoms with van der Waals surface area (Å²) in [6.07, 6.45) is 3.89. The summed E-state index contributed by atoms with van der Waals surface area (Å²) in [6.45, 7) is 26.5. The SMILES string of the molecule is CC(C)(C)c1cn[nH]c1C(C)(C)C.CC(C)(C)c1cn[nH]c1C(C)(C)C. The molecule has 0 fully saturated rings. The van der Waals surface area contributed by atoms with Crippen LogP contribution in [0.5, 0.6) is 0 Å². The Kier molecular flexibility index (Phi) is 6.22. The summed E-state index contributed by atoms with van der Waals surface area (Å²) in [5.74, 6) is 0. The van der Waals surface area contributed by atoms with Gasteiger partial charge in [-0.2, -0.15) is 10.2 Å². The molecule has 0 aliphatic heterocycles. The second-order valence-corrected chi connectivity index (χ2v) is 11.3. The first kappa shape index (κ1) is 22.5. The molecule has 0 aromatic carbocycles. The lowest BCUT2D eigenvalue weighted by molar-refractivity contribution is 0.520. The highest BCUT2D eigenvalue weighted by atomic mass is 15.1. The second-order valence-electron chi connectivity index (χ2n) is 11.3. The van der Waals surface area contributed by atoms with Crippen molar-refractivity contribution in [1.29, 1.82) is 0 Å². The van der Waals surface area contributed by atoms with Crippen LogP contribution in [0.25, 0.3) is 0 Å². The fourth-order valence-electron chi connectivity index (χ4n) is 2.85. The van der Waals surface area contributed by atoms with Crippen molar-refractivity contribution in [1.82, 2.24) is 20.4 Å². The van der Waals surface area contributed by atoms with Crippen LogP contribution in [0.2, 0.25) is 0 Å². The van der Waals surface area contributed by atoms with Crippen LogP contribution < -0.4 is 0 Å². The van der Waals surface area contributed by atoms with Crippen LogP contribution in [-0.2, 0) is 21.7 Å². The minimum absolute atomic E-state index is 0.152. The monoisotopic (exact) mass is 360 g/mol. The maximum atomic E-state index is 4.13. The summed E-state index contributed by atoms with van der Waals surface area (Å²) in [5.41, 5.74) is 5.80. The lowest BCUT2D eigenvalue weighted by Gasteiger charge is -2.25. The van der Waals surface area contributed by atoms with Crippen LogP contribution in [-0.4, -0.2) is 20.4 Å². The summed E-state index contributed by atoms with van der Waals surface area (Å²) in [7, 11) is 0. The van der Waals surface area contributed by atoms with Crippen LogP contribution >= 0.6 is 0 Å². The third-order valence-corrected chi connectivity index (χ3v) is 4.39. The Labute approximate surface area is 160 Å². The normalized spacial score (nSPS) is 13.4. The Hall–Kier alpha value is -1.58. The predicted molar refractivity (Wildman–Crippen MR) is 112 cm³/mol. The highest BCUT2D eigenvalue weighted by Gasteiger charge is 2.27. The van der Waals surface area contributed by atoms with Gasteiger partial charge in [-0.05, 0) is 22.0 Å². The van der Waals surface area contributed by atoms with Crippen molar-refractivity contribution in [3.05, 3.63) is 34.9 Å². The molecule has 0 spiro atoms. The molecule has 0 unspecified atom stereocenters. The van der Waals surface area contributed by atoms with E-state index < -0.39 is 0 Å². The van der Waals surface area contributed by atoms with Gasteiger partial charge in [0.25, 0.3) is 0 Å². The average Bonchev–Trinajstić information content (AvgIpc) is 3.06. The van der Waals surface area contributed by atoms with Gasteiger partial charge in [0.2, 0.25) is 0 Å². The molecule has 2 heterocycles. The van der Waals surface area contributed by atoms with Gasteiger partial charge in [0.05, 0.1) is 12.4 Å². The van der Waals surface area contributed by atoms with Crippen LogP contribution in [0.4, 0.5) is 0 Å². The van der Waals surface area contributed by atoms with Crippen molar-refractivity contribution in [2.75, 3.05) is 0 Å². The zero-order chi connectivity index (χ0) is 20.6. The number of nitrogens with one attached hydrogen (secondary N) is 2. The van der Waals surface area contributed by atoms with Crippen molar-refractivity contribution >= 4 is 0 Å². The molecule has 148 valence electrons. The first-order valence-electron chi connectivity index (χ1n) is 9.54. The topological polar surface area (TPSA) is 57.4 Å². The summed E-state index contributed by atoms with van der Waals surface area (Å²) >= 11 is 0. The summed E-state index contributed by atoms with van der Waals surface area (Å²) in [5, 5.41) is 14.5. The Bertz CT molecular complexity index is 573. The molecule has 0 saturated heterocycles. The highest BCUT2D eigenvalue weighted by molar-refractivity contribution is 5.30. The summed E-state index contributed by atoms with van der Waals surface area (Å²) in [4.78, 5) is 0. The molecule has 2 rings (SSSR count). The Morgan fingerprint density at radius 2 is 0.769 bits per heavy atom. The van der Waals surface area contributed by atoms with E-state index in [4.69, 9.17) is 0 Å². The van der Waals surface area contributed by atoms with Gasteiger partial charge in [0.1, 0.15) is 0 Å². The van der Waals surface area contributed by atoms with E-state index in [1.165, 1.54) is 22.5 Å². The second kappa shape index (κ2) is 7.21. The van der Waals surface area contributed by atoms with E-state index in [1.54, 1.807) is 0 Å². The van der Waals surface area contributed by atoms with E-state index >= 15 is 0 Å². The molecule has 0 bridgehead atoms. The minimum Gasteiger partial charge on any atom is -0.282 e. The molecule has 0 atom stereocenters. The van der Waals surface area contributed by atoms with Gasteiger partial charge in [-0.25, -0.2) is 0 Å². The predicted octanol–water partition coefficient (Wildman–Crippen LogP) is 6.01. The number of hydrogen-bond acceptors (Lipinski definition) is 2. The van der Waals surface area contributed by atoms with Crippen LogP contribution in [0.3, 0.4) is 0 Å². The van der Waals surface area contributed by atoms with Gasteiger partial charge in [-0.3, -0.25) is 10.2 Å². The number of H-pyrrole nitrogens is 2. The molecule has 4 nitrogen and oxygen atoms in total. The average molecular weight is 361 g/mol. The van der Waals surface area contributed by atoms with E-state index in [0.717, 1.165) is 0 Å². The van der Waals surface area contributed by atoms with E-state index in [1.807, 2.05) is 12.4 Å². The van der Waals surface area contributed by atoms with Crippen LogP contribution in [0.1, 0.15) is 106 Å². The molecule has 2 aromatic heterocycles. The standard InChI is InChI=1S/2C11H20N2/c2*1-10(2,3)8-7-12-13-9(8)11(4,5)6/h2*7H,1-6H3,(H,12,13). The molecule has 0 saturated carbocycles. The maximum Gasteiger partial charge on any atom is 0.0527 e. The molecular weight excluding hydrogens is 320 g/mol. The largest absolute Gasteiger partial charge is 0.282 e. The van der Waals surface area contributed by atoms with Gasteiger partial charge in [-0.1, -0.05) is 83.1 Å². The zero-order valence-corrected chi connectivity index (χ0v) is 19.0. The first-order valence-corrected chi connectivity index (χ1v) is 9.54. The quantitative estimate of drug-likeness (QED) is 0.604. The number of hydrogen-bond donors (Lipinski definition) is 2.